The molecule has 0 unspecified atom stereocenters. The number of ether oxygens (including phenoxy) is 1. The number of nitrogens with one attached hydrogen (secondary N) is 1. The van der Waals surface area contributed by atoms with Crippen molar-refractivity contribution >= 4 is 16.7 Å². The Hall–Kier alpha value is -3.17. The number of carbonyl (C=O) groups excluding carboxylic acids is 1. The number of hydrogen-bond donors (Lipinski definition) is 1. The van der Waals surface area contributed by atoms with E-state index in [1.807, 2.05) is 48.5 Å². The van der Waals surface area contributed by atoms with Gasteiger partial charge in [0, 0.05) is 22.2 Å². The second-order valence-electron chi connectivity index (χ2n) is 6.95. The van der Waals surface area contributed by atoms with E-state index in [4.69, 9.17) is 4.74 Å². The van der Waals surface area contributed by atoms with Crippen LogP contribution in [0.1, 0.15) is 28.4 Å². The van der Waals surface area contributed by atoms with E-state index in [0.717, 1.165) is 28.8 Å². The van der Waals surface area contributed by atoms with Crippen molar-refractivity contribution in [3.63, 3.8) is 0 Å². The van der Waals surface area contributed by atoms with E-state index in [-0.39, 0.29) is 5.78 Å². The van der Waals surface area contributed by atoms with Gasteiger partial charge < -0.3 is 9.72 Å². The smallest absolute Gasteiger partial charge is 0.159 e. The monoisotopic (exact) mass is 369 g/mol. The van der Waals surface area contributed by atoms with Crippen molar-refractivity contribution in [3.8, 4) is 11.3 Å². The third kappa shape index (κ3) is 3.90. The number of carbonyl (C=O) groups is 1. The van der Waals surface area contributed by atoms with Crippen LogP contribution in [0.5, 0.6) is 0 Å². The second-order valence-corrected chi connectivity index (χ2v) is 6.95. The molecule has 4 aromatic rings. The van der Waals surface area contributed by atoms with Crippen molar-refractivity contribution in [2.45, 2.75) is 20.0 Å². The van der Waals surface area contributed by atoms with Crippen LogP contribution < -0.4 is 0 Å². The molecule has 0 saturated heterocycles. The summed E-state index contributed by atoms with van der Waals surface area (Å²) in [5, 5.41) is 1.22. The molecule has 0 amide bonds. The van der Waals surface area contributed by atoms with Gasteiger partial charge in [0.1, 0.15) is 0 Å². The maximum Gasteiger partial charge on any atom is 0.159 e. The minimum absolute atomic E-state index is 0.0812. The number of rotatable bonds is 7. The number of aromatic amines is 1. The van der Waals surface area contributed by atoms with Gasteiger partial charge in [-0.15, -0.1) is 0 Å². The molecular formula is C25H23NO2. The molecule has 0 bridgehead atoms. The zero-order chi connectivity index (χ0) is 19.3. The molecule has 1 heterocycles. The maximum atomic E-state index is 11.6. The molecule has 0 aliphatic rings. The Morgan fingerprint density at radius 2 is 1.61 bits per heavy atom. The zero-order valence-corrected chi connectivity index (χ0v) is 15.9. The highest BCUT2D eigenvalue weighted by atomic mass is 16.5. The lowest BCUT2D eigenvalue weighted by Crippen LogP contribution is -2.00. The SMILES string of the molecule is CC(=O)c1ccc(-c2[nH]c3ccccc3c2CCOCc2ccccc2)cc1. The number of fused-ring (bicyclic) bond motifs is 1. The van der Waals surface area contributed by atoms with Crippen LogP contribution in [0.4, 0.5) is 0 Å². The standard InChI is InChI=1S/C25H23NO2/c1-18(27)20-11-13-21(14-12-20)25-23(22-9-5-6-10-24(22)26-25)15-16-28-17-19-7-3-2-4-8-19/h2-14,26H,15-17H2,1H3. The van der Waals surface area contributed by atoms with Gasteiger partial charge in [0.15, 0.2) is 5.78 Å². The van der Waals surface area contributed by atoms with Crippen LogP contribution in [0.3, 0.4) is 0 Å². The zero-order valence-electron chi connectivity index (χ0n) is 15.9. The van der Waals surface area contributed by atoms with Crippen LogP contribution in [-0.4, -0.2) is 17.4 Å². The number of H-pyrrole nitrogens is 1. The third-order valence-electron chi connectivity index (χ3n) is 5.00. The van der Waals surface area contributed by atoms with Crippen molar-refractivity contribution in [3.05, 3.63) is 95.6 Å². The van der Waals surface area contributed by atoms with Crippen LogP contribution in [-0.2, 0) is 17.8 Å². The summed E-state index contributed by atoms with van der Waals surface area (Å²) in [4.78, 5) is 15.1. The fraction of sp³-hybridized carbons (Fsp3) is 0.160. The summed E-state index contributed by atoms with van der Waals surface area (Å²) in [6.07, 6.45) is 0.820. The minimum atomic E-state index is 0.0812. The summed E-state index contributed by atoms with van der Waals surface area (Å²) in [7, 11) is 0. The fourth-order valence-corrected chi connectivity index (χ4v) is 3.52. The lowest BCUT2D eigenvalue weighted by atomic mass is 10.0. The molecule has 3 aromatic carbocycles. The van der Waals surface area contributed by atoms with Crippen molar-refractivity contribution in [2.75, 3.05) is 6.61 Å². The number of aromatic nitrogens is 1. The first kappa shape index (κ1) is 18.2. The fourth-order valence-electron chi connectivity index (χ4n) is 3.52. The molecule has 3 nitrogen and oxygen atoms in total. The van der Waals surface area contributed by atoms with Crippen LogP contribution in [0, 0.1) is 0 Å². The highest BCUT2D eigenvalue weighted by Gasteiger charge is 2.13. The number of para-hydroxylation sites is 1. The quantitative estimate of drug-likeness (QED) is 0.331. The van der Waals surface area contributed by atoms with Crippen molar-refractivity contribution < 1.29 is 9.53 Å². The summed E-state index contributed by atoms with van der Waals surface area (Å²) in [5.74, 6) is 0.0812. The van der Waals surface area contributed by atoms with Crippen LogP contribution >= 0.6 is 0 Å². The molecule has 0 saturated carbocycles. The van der Waals surface area contributed by atoms with Crippen molar-refractivity contribution in [1.82, 2.24) is 4.98 Å². The summed E-state index contributed by atoms with van der Waals surface area (Å²) >= 11 is 0. The highest BCUT2D eigenvalue weighted by Crippen LogP contribution is 2.31. The van der Waals surface area contributed by atoms with E-state index in [2.05, 4.69) is 35.3 Å². The Balaban J connectivity index is 1.57. The van der Waals surface area contributed by atoms with Crippen LogP contribution in [0.25, 0.3) is 22.2 Å². The predicted molar refractivity (Wildman–Crippen MR) is 114 cm³/mol. The first-order valence-corrected chi connectivity index (χ1v) is 9.55. The van der Waals surface area contributed by atoms with E-state index >= 15 is 0 Å². The molecule has 0 atom stereocenters. The largest absolute Gasteiger partial charge is 0.376 e. The number of benzene rings is 3. The van der Waals surface area contributed by atoms with E-state index in [9.17, 15) is 4.79 Å². The van der Waals surface area contributed by atoms with Crippen molar-refractivity contribution in [2.24, 2.45) is 0 Å². The van der Waals surface area contributed by atoms with Gasteiger partial charge in [-0.05, 0) is 36.1 Å². The Morgan fingerprint density at radius 3 is 2.36 bits per heavy atom. The Kier molecular flexibility index (Phi) is 5.36. The van der Waals surface area contributed by atoms with E-state index in [1.54, 1.807) is 6.92 Å². The van der Waals surface area contributed by atoms with Gasteiger partial charge in [-0.1, -0.05) is 72.8 Å². The van der Waals surface area contributed by atoms with Gasteiger partial charge in [0.2, 0.25) is 0 Å². The van der Waals surface area contributed by atoms with Gasteiger partial charge in [-0.3, -0.25) is 4.79 Å². The lowest BCUT2D eigenvalue weighted by molar-refractivity contribution is 0.101. The molecule has 140 valence electrons. The molecule has 3 heteroatoms. The molecule has 0 radical (unpaired) electrons. The second kappa shape index (κ2) is 8.24. The predicted octanol–water partition coefficient (Wildman–Crippen LogP) is 5.80. The molecule has 4 rings (SSSR count). The summed E-state index contributed by atoms with van der Waals surface area (Å²) in [6.45, 7) is 2.86. The first-order valence-electron chi connectivity index (χ1n) is 9.55. The molecule has 28 heavy (non-hydrogen) atoms. The average Bonchev–Trinajstić information content (AvgIpc) is 3.11. The molecule has 1 N–H and O–H groups in total. The Morgan fingerprint density at radius 1 is 0.893 bits per heavy atom. The number of hydrogen-bond acceptors (Lipinski definition) is 2. The first-order chi connectivity index (χ1) is 13.7. The molecule has 0 aliphatic carbocycles. The summed E-state index contributed by atoms with van der Waals surface area (Å²) in [6, 6.07) is 26.4. The molecule has 0 spiro atoms. The van der Waals surface area contributed by atoms with Gasteiger partial charge in [0.25, 0.3) is 0 Å². The topological polar surface area (TPSA) is 42.1 Å². The van der Waals surface area contributed by atoms with Gasteiger partial charge >= 0.3 is 0 Å². The van der Waals surface area contributed by atoms with Gasteiger partial charge in [-0.25, -0.2) is 0 Å². The van der Waals surface area contributed by atoms with E-state index in [1.165, 1.54) is 16.5 Å². The van der Waals surface area contributed by atoms with Crippen LogP contribution in [0.15, 0.2) is 78.9 Å². The molecular weight excluding hydrogens is 346 g/mol. The lowest BCUT2D eigenvalue weighted by Gasteiger charge is -2.08. The minimum Gasteiger partial charge on any atom is -0.376 e. The molecule has 0 fully saturated rings. The van der Waals surface area contributed by atoms with Gasteiger partial charge in [0.05, 0.1) is 13.2 Å². The Bertz CT molecular complexity index is 1080. The van der Waals surface area contributed by atoms with Crippen LogP contribution in [0.2, 0.25) is 0 Å². The number of Topliss-reactive ketones (excluding diaryl/α,β-unsaturated/α-hetero) is 1. The number of ketones is 1. The van der Waals surface area contributed by atoms with E-state index in [0.29, 0.717) is 13.2 Å². The normalized spacial score (nSPS) is 11.0. The van der Waals surface area contributed by atoms with Gasteiger partial charge in [-0.2, -0.15) is 0 Å². The highest BCUT2D eigenvalue weighted by molar-refractivity contribution is 5.95. The van der Waals surface area contributed by atoms with E-state index < -0.39 is 0 Å². The Labute approximate surface area is 165 Å². The molecule has 0 aliphatic heterocycles. The van der Waals surface area contributed by atoms with Crippen molar-refractivity contribution in [1.29, 1.82) is 0 Å². The summed E-state index contributed by atoms with van der Waals surface area (Å²) in [5.41, 5.74) is 6.46. The average molecular weight is 369 g/mol. The molecule has 1 aromatic heterocycles. The maximum absolute atomic E-state index is 11.6. The summed E-state index contributed by atoms with van der Waals surface area (Å²) < 4.78 is 5.92. The third-order valence-corrected chi connectivity index (χ3v) is 5.00.